The van der Waals surface area contributed by atoms with E-state index < -0.39 is 0 Å². The van der Waals surface area contributed by atoms with Crippen LogP contribution in [0.25, 0.3) is 0 Å². The summed E-state index contributed by atoms with van der Waals surface area (Å²) in [5.74, 6) is 2.15. The van der Waals surface area contributed by atoms with Crippen LogP contribution in [0.15, 0.2) is 18.2 Å². The molecule has 0 radical (unpaired) electrons. The molecule has 0 aliphatic heterocycles. The van der Waals surface area contributed by atoms with E-state index in [9.17, 15) is 4.79 Å². The highest BCUT2D eigenvalue weighted by molar-refractivity contribution is 5.96. The minimum Gasteiger partial charge on any atom is -0.465 e. The Morgan fingerprint density at radius 3 is 2.81 bits per heavy atom. The molecule has 3 N–H and O–H groups in total. The lowest BCUT2D eigenvalue weighted by Crippen LogP contribution is -2.30. The second-order valence-corrected chi connectivity index (χ2v) is 6.57. The minimum atomic E-state index is -0.343. The highest BCUT2D eigenvalue weighted by Gasteiger charge is 2.41. The van der Waals surface area contributed by atoms with Gasteiger partial charge in [-0.1, -0.05) is 6.42 Å². The molecule has 2 aliphatic rings. The van der Waals surface area contributed by atoms with Crippen molar-refractivity contribution in [2.75, 3.05) is 18.2 Å². The quantitative estimate of drug-likeness (QED) is 0.659. The highest BCUT2D eigenvalue weighted by atomic mass is 16.5. The lowest BCUT2D eigenvalue weighted by Gasteiger charge is -2.29. The van der Waals surface area contributed by atoms with Crippen molar-refractivity contribution in [2.45, 2.75) is 38.6 Å². The maximum atomic E-state index is 11.9. The van der Waals surface area contributed by atoms with E-state index in [1.54, 1.807) is 6.07 Å². The number of fused-ring (bicyclic) bond motifs is 2. The Morgan fingerprint density at radius 1 is 1.38 bits per heavy atom. The number of benzene rings is 1. The zero-order valence-electron chi connectivity index (χ0n) is 12.8. The molecule has 2 aliphatic carbocycles. The Labute approximate surface area is 126 Å². The fourth-order valence-electron chi connectivity index (χ4n) is 4.23. The molecule has 0 saturated heterocycles. The summed E-state index contributed by atoms with van der Waals surface area (Å²) in [5, 5.41) is 3.52. The lowest BCUT2D eigenvalue weighted by molar-refractivity contribution is 0.0602. The zero-order chi connectivity index (χ0) is 15.0. The van der Waals surface area contributed by atoms with Gasteiger partial charge in [0.05, 0.1) is 12.7 Å². The van der Waals surface area contributed by atoms with Crippen LogP contribution in [0, 0.1) is 17.8 Å². The molecule has 0 amide bonds. The maximum Gasteiger partial charge on any atom is 0.340 e. The molecule has 3 rings (SSSR count). The second kappa shape index (κ2) is 5.58. The van der Waals surface area contributed by atoms with Gasteiger partial charge in [0.25, 0.3) is 0 Å². The number of carbonyl (C=O) groups is 1. The minimum absolute atomic E-state index is 0.343. The molecule has 1 aromatic rings. The molecule has 4 atom stereocenters. The van der Waals surface area contributed by atoms with Gasteiger partial charge in [-0.2, -0.15) is 0 Å². The summed E-state index contributed by atoms with van der Waals surface area (Å²) in [6, 6.07) is 5.75. The molecule has 4 heteroatoms. The molecule has 0 aromatic heterocycles. The maximum absolute atomic E-state index is 11.9. The summed E-state index contributed by atoms with van der Waals surface area (Å²) in [6.07, 6.45) is 5.49. The first-order chi connectivity index (χ1) is 10.1. The number of nitrogens with one attached hydrogen (secondary N) is 1. The van der Waals surface area contributed by atoms with E-state index in [1.807, 2.05) is 12.1 Å². The standard InChI is InChI=1S/C17H24N2O2/c1-10(14-8-11-3-4-12(14)7-11)19-16-6-5-13(18)9-15(16)17(20)21-2/h5-6,9-12,14,19H,3-4,7-8,18H2,1-2H3. The average molecular weight is 288 g/mol. The van der Waals surface area contributed by atoms with E-state index in [-0.39, 0.29) is 5.97 Å². The predicted octanol–water partition coefficient (Wildman–Crippen LogP) is 3.29. The second-order valence-electron chi connectivity index (χ2n) is 6.57. The van der Waals surface area contributed by atoms with Crippen LogP contribution in [-0.2, 0) is 4.74 Å². The number of carbonyl (C=O) groups excluding carboxylic acids is 1. The Kier molecular flexibility index (Phi) is 3.79. The first-order valence-electron chi connectivity index (χ1n) is 7.83. The van der Waals surface area contributed by atoms with Crippen molar-refractivity contribution in [3.63, 3.8) is 0 Å². The van der Waals surface area contributed by atoms with Crippen LogP contribution in [0.4, 0.5) is 11.4 Å². The van der Waals surface area contributed by atoms with Crippen LogP contribution in [0.2, 0.25) is 0 Å². The van der Waals surface area contributed by atoms with Crippen molar-refractivity contribution in [1.82, 2.24) is 0 Å². The number of rotatable bonds is 4. The number of hydrogen-bond donors (Lipinski definition) is 2. The number of anilines is 2. The van der Waals surface area contributed by atoms with Gasteiger partial charge in [-0.15, -0.1) is 0 Å². The summed E-state index contributed by atoms with van der Waals surface area (Å²) < 4.78 is 4.85. The van der Waals surface area contributed by atoms with Gasteiger partial charge in [-0.05, 0) is 62.1 Å². The van der Waals surface area contributed by atoms with Crippen LogP contribution >= 0.6 is 0 Å². The Morgan fingerprint density at radius 2 is 2.19 bits per heavy atom. The summed E-state index contributed by atoms with van der Waals surface area (Å²) in [4.78, 5) is 11.9. The summed E-state index contributed by atoms with van der Waals surface area (Å²) in [6.45, 7) is 2.22. The third kappa shape index (κ3) is 2.71. The van der Waals surface area contributed by atoms with Gasteiger partial charge in [0.2, 0.25) is 0 Å². The van der Waals surface area contributed by atoms with Gasteiger partial charge in [0.1, 0.15) is 0 Å². The smallest absolute Gasteiger partial charge is 0.340 e. The van der Waals surface area contributed by atoms with E-state index in [2.05, 4.69) is 12.2 Å². The summed E-state index contributed by atoms with van der Waals surface area (Å²) >= 11 is 0. The van der Waals surface area contributed by atoms with Crippen LogP contribution in [-0.4, -0.2) is 19.1 Å². The third-order valence-electron chi connectivity index (χ3n) is 5.27. The van der Waals surface area contributed by atoms with Gasteiger partial charge in [-0.25, -0.2) is 4.79 Å². The van der Waals surface area contributed by atoms with Crippen molar-refractivity contribution in [3.8, 4) is 0 Å². The molecule has 21 heavy (non-hydrogen) atoms. The summed E-state index contributed by atoms with van der Waals surface area (Å²) in [7, 11) is 1.40. The van der Waals surface area contributed by atoms with Gasteiger partial charge < -0.3 is 15.8 Å². The van der Waals surface area contributed by atoms with E-state index in [0.717, 1.165) is 17.5 Å². The van der Waals surface area contributed by atoms with Crippen LogP contribution in [0.3, 0.4) is 0 Å². The molecule has 1 aromatic carbocycles. The molecule has 2 saturated carbocycles. The number of methoxy groups -OCH3 is 1. The average Bonchev–Trinajstić information content (AvgIpc) is 3.11. The molecule has 2 bridgehead atoms. The molecule has 0 spiro atoms. The Bertz CT molecular complexity index is 544. The van der Waals surface area contributed by atoms with E-state index in [0.29, 0.717) is 23.2 Å². The van der Waals surface area contributed by atoms with Crippen LogP contribution < -0.4 is 11.1 Å². The SMILES string of the molecule is COC(=O)c1cc(N)ccc1NC(C)C1CC2CCC1C2. The molecular formula is C17H24N2O2. The van der Waals surface area contributed by atoms with Crippen molar-refractivity contribution in [3.05, 3.63) is 23.8 Å². The van der Waals surface area contributed by atoms with E-state index in [1.165, 1.54) is 32.8 Å². The van der Waals surface area contributed by atoms with Gasteiger partial charge >= 0.3 is 5.97 Å². The molecular weight excluding hydrogens is 264 g/mol. The normalized spacial score (nSPS) is 28.4. The lowest BCUT2D eigenvalue weighted by atomic mass is 9.84. The van der Waals surface area contributed by atoms with E-state index >= 15 is 0 Å². The number of nitrogens with two attached hydrogens (primary N) is 1. The molecule has 114 valence electrons. The molecule has 4 unspecified atom stereocenters. The Balaban J connectivity index is 1.76. The fourth-order valence-corrected chi connectivity index (χ4v) is 4.23. The van der Waals surface area contributed by atoms with Crippen molar-refractivity contribution in [1.29, 1.82) is 0 Å². The fraction of sp³-hybridized carbons (Fsp3) is 0.588. The number of nitrogen functional groups attached to an aromatic ring is 1. The number of esters is 1. The largest absolute Gasteiger partial charge is 0.465 e. The summed E-state index contributed by atoms with van der Waals surface area (Å²) in [5.41, 5.74) is 7.71. The first-order valence-corrected chi connectivity index (χ1v) is 7.83. The monoisotopic (exact) mass is 288 g/mol. The van der Waals surface area contributed by atoms with Gasteiger partial charge in [0.15, 0.2) is 0 Å². The number of hydrogen-bond acceptors (Lipinski definition) is 4. The topological polar surface area (TPSA) is 64.3 Å². The van der Waals surface area contributed by atoms with Gasteiger partial charge in [-0.3, -0.25) is 0 Å². The zero-order valence-corrected chi connectivity index (χ0v) is 12.8. The molecule has 4 nitrogen and oxygen atoms in total. The van der Waals surface area contributed by atoms with Gasteiger partial charge in [0, 0.05) is 17.4 Å². The van der Waals surface area contributed by atoms with Crippen LogP contribution in [0.5, 0.6) is 0 Å². The predicted molar refractivity (Wildman–Crippen MR) is 84.2 cm³/mol. The molecule has 0 heterocycles. The third-order valence-corrected chi connectivity index (χ3v) is 5.27. The Hall–Kier alpha value is -1.71. The first kappa shape index (κ1) is 14.2. The number of ether oxygens (including phenoxy) is 1. The van der Waals surface area contributed by atoms with Crippen molar-refractivity contribution < 1.29 is 9.53 Å². The van der Waals surface area contributed by atoms with E-state index in [4.69, 9.17) is 10.5 Å². The van der Waals surface area contributed by atoms with Crippen molar-refractivity contribution >= 4 is 17.3 Å². The van der Waals surface area contributed by atoms with Crippen molar-refractivity contribution in [2.24, 2.45) is 17.8 Å². The molecule has 2 fully saturated rings. The van der Waals surface area contributed by atoms with Crippen LogP contribution in [0.1, 0.15) is 43.0 Å². The highest BCUT2D eigenvalue weighted by Crippen LogP contribution is 2.49.